The SMILES string of the molecule is Cc1ccccc1NCCOC(c1cccc(Cl)c1)n1nnnc1-c1cccc(Cl)c1Cl. The van der Waals surface area contributed by atoms with Crippen LogP contribution >= 0.6 is 34.8 Å². The lowest BCUT2D eigenvalue weighted by Gasteiger charge is -2.20. The van der Waals surface area contributed by atoms with E-state index in [4.69, 9.17) is 39.5 Å². The molecule has 0 amide bonds. The van der Waals surface area contributed by atoms with E-state index >= 15 is 0 Å². The molecule has 32 heavy (non-hydrogen) atoms. The number of hydrogen-bond donors (Lipinski definition) is 1. The van der Waals surface area contributed by atoms with Gasteiger partial charge in [-0.3, -0.25) is 0 Å². The fraction of sp³-hybridized carbons (Fsp3) is 0.174. The zero-order valence-corrected chi connectivity index (χ0v) is 19.4. The summed E-state index contributed by atoms with van der Waals surface area (Å²) in [6.45, 7) is 3.05. The van der Waals surface area contributed by atoms with Crippen LogP contribution in [0.4, 0.5) is 5.69 Å². The van der Waals surface area contributed by atoms with Gasteiger partial charge in [0.1, 0.15) is 0 Å². The number of benzene rings is 3. The molecule has 1 heterocycles. The van der Waals surface area contributed by atoms with Crippen LogP contribution in [-0.4, -0.2) is 33.4 Å². The van der Waals surface area contributed by atoms with Gasteiger partial charge in [0.15, 0.2) is 12.1 Å². The van der Waals surface area contributed by atoms with Crippen molar-refractivity contribution in [3.63, 3.8) is 0 Å². The lowest BCUT2D eigenvalue weighted by atomic mass is 10.1. The average Bonchev–Trinajstić information content (AvgIpc) is 3.26. The van der Waals surface area contributed by atoms with Crippen LogP contribution in [-0.2, 0) is 4.74 Å². The van der Waals surface area contributed by atoms with Crippen LogP contribution in [0.5, 0.6) is 0 Å². The predicted molar refractivity (Wildman–Crippen MR) is 128 cm³/mol. The van der Waals surface area contributed by atoms with E-state index in [9.17, 15) is 0 Å². The molecule has 0 spiro atoms. The van der Waals surface area contributed by atoms with E-state index in [2.05, 4.69) is 33.8 Å². The van der Waals surface area contributed by atoms with Crippen molar-refractivity contribution in [2.75, 3.05) is 18.5 Å². The van der Waals surface area contributed by atoms with Gasteiger partial charge in [-0.25, -0.2) is 0 Å². The Morgan fingerprint density at radius 1 is 1.00 bits per heavy atom. The van der Waals surface area contributed by atoms with Gasteiger partial charge in [0.05, 0.1) is 16.7 Å². The monoisotopic (exact) mass is 487 g/mol. The van der Waals surface area contributed by atoms with Gasteiger partial charge >= 0.3 is 0 Å². The van der Waals surface area contributed by atoms with Crippen LogP contribution in [0.25, 0.3) is 11.4 Å². The maximum absolute atomic E-state index is 6.43. The maximum atomic E-state index is 6.43. The number of para-hydroxylation sites is 1. The Balaban J connectivity index is 1.61. The van der Waals surface area contributed by atoms with E-state index in [0.29, 0.717) is 39.6 Å². The first-order valence-electron chi connectivity index (χ1n) is 9.93. The topological polar surface area (TPSA) is 64.9 Å². The Hall–Kier alpha value is -2.64. The normalized spacial score (nSPS) is 12.0. The molecular formula is C23H20Cl3N5O. The first kappa shape index (κ1) is 22.6. The Bertz CT molecular complexity index is 1210. The molecule has 1 N–H and O–H groups in total. The quantitative estimate of drug-likeness (QED) is 0.295. The van der Waals surface area contributed by atoms with E-state index in [0.717, 1.165) is 16.8 Å². The largest absolute Gasteiger partial charge is 0.383 e. The highest BCUT2D eigenvalue weighted by molar-refractivity contribution is 6.43. The smallest absolute Gasteiger partial charge is 0.186 e. The molecule has 0 saturated carbocycles. The van der Waals surface area contributed by atoms with Gasteiger partial charge < -0.3 is 10.1 Å². The molecule has 3 aromatic carbocycles. The minimum absolute atomic E-state index is 0.372. The summed E-state index contributed by atoms with van der Waals surface area (Å²) in [6, 6.07) is 20.8. The highest BCUT2D eigenvalue weighted by Crippen LogP contribution is 2.34. The number of aromatic nitrogens is 4. The molecule has 0 saturated heterocycles. The number of aryl methyl sites for hydroxylation is 1. The maximum Gasteiger partial charge on any atom is 0.186 e. The molecule has 9 heteroatoms. The summed E-state index contributed by atoms with van der Waals surface area (Å²) in [5.41, 5.74) is 3.64. The first-order valence-corrected chi connectivity index (χ1v) is 11.1. The minimum atomic E-state index is -0.618. The van der Waals surface area contributed by atoms with Gasteiger partial charge in [-0.15, -0.1) is 5.10 Å². The molecule has 0 radical (unpaired) electrons. The van der Waals surface area contributed by atoms with Gasteiger partial charge in [0, 0.05) is 28.4 Å². The standard InChI is InChI=1S/C23H20Cl3N5O/c1-15-6-2-3-11-20(15)27-12-13-32-23(16-7-4-8-17(24)14-16)31-22(28-29-30-31)18-9-5-10-19(25)21(18)26/h2-11,14,23,27H,12-13H2,1H3. The van der Waals surface area contributed by atoms with Crippen LogP contribution < -0.4 is 5.32 Å². The third kappa shape index (κ3) is 5.05. The predicted octanol–water partition coefficient (Wildman–Crippen LogP) is 6.28. The summed E-state index contributed by atoms with van der Waals surface area (Å²) >= 11 is 18.9. The fourth-order valence-electron chi connectivity index (χ4n) is 3.30. The van der Waals surface area contributed by atoms with E-state index in [1.807, 2.05) is 42.5 Å². The van der Waals surface area contributed by atoms with Crippen LogP contribution in [0.2, 0.25) is 15.1 Å². The number of rotatable bonds is 8. The number of tetrazole rings is 1. The van der Waals surface area contributed by atoms with Crippen molar-refractivity contribution in [3.05, 3.63) is 92.9 Å². The molecule has 4 aromatic rings. The third-order valence-corrected chi connectivity index (χ3v) is 5.93. The summed E-state index contributed by atoms with van der Waals surface area (Å²) in [5, 5.41) is 17.0. The molecule has 164 valence electrons. The molecule has 0 aliphatic rings. The first-order chi connectivity index (χ1) is 15.5. The van der Waals surface area contributed by atoms with Crippen LogP contribution in [0, 0.1) is 6.92 Å². The zero-order chi connectivity index (χ0) is 22.5. The van der Waals surface area contributed by atoms with Gasteiger partial charge in [-0.05, 0) is 53.2 Å². The van der Waals surface area contributed by atoms with Crippen molar-refractivity contribution in [2.24, 2.45) is 0 Å². The highest BCUT2D eigenvalue weighted by atomic mass is 35.5. The summed E-state index contributed by atoms with van der Waals surface area (Å²) in [7, 11) is 0. The van der Waals surface area contributed by atoms with Gasteiger partial charge in [-0.2, -0.15) is 4.68 Å². The number of hydrogen-bond acceptors (Lipinski definition) is 5. The van der Waals surface area contributed by atoms with Crippen molar-refractivity contribution >= 4 is 40.5 Å². The Labute approximate surface area is 201 Å². The lowest BCUT2D eigenvalue weighted by Crippen LogP contribution is -2.21. The van der Waals surface area contributed by atoms with E-state index < -0.39 is 6.23 Å². The molecule has 1 aromatic heterocycles. The van der Waals surface area contributed by atoms with E-state index in [1.165, 1.54) is 0 Å². The van der Waals surface area contributed by atoms with Crippen LogP contribution in [0.15, 0.2) is 66.7 Å². The van der Waals surface area contributed by atoms with Gasteiger partial charge in [-0.1, -0.05) is 71.2 Å². The van der Waals surface area contributed by atoms with Crippen molar-refractivity contribution in [1.82, 2.24) is 20.2 Å². The van der Waals surface area contributed by atoms with Gasteiger partial charge in [0.2, 0.25) is 0 Å². The summed E-state index contributed by atoms with van der Waals surface area (Å²) in [6.07, 6.45) is -0.618. The Kier molecular flexibility index (Phi) is 7.27. The summed E-state index contributed by atoms with van der Waals surface area (Å²) < 4.78 is 7.83. The van der Waals surface area contributed by atoms with E-state index in [-0.39, 0.29) is 0 Å². The lowest BCUT2D eigenvalue weighted by molar-refractivity contribution is 0.0300. The molecule has 4 rings (SSSR count). The number of nitrogens with zero attached hydrogens (tertiary/aromatic N) is 4. The van der Waals surface area contributed by atoms with Crippen molar-refractivity contribution in [2.45, 2.75) is 13.2 Å². The molecule has 0 aliphatic heterocycles. The zero-order valence-electron chi connectivity index (χ0n) is 17.2. The third-order valence-electron chi connectivity index (χ3n) is 4.88. The molecule has 0 fully saturated rings. The highest BCUT2D eigenvalue weighted by Gasteiger charge is 2.23. The second-order valence-corrected chi connectivity index (χ2v) is 8.29. The van der Waals surface area contributed by atoms with Gasteiger partial charge in [0.25, 0.3) is 0 Å². The second kappa shape index (κ2) is 10.3. The summed E-state index contributed by atoms with van der Waals surface area (Å²) in [5.74, 6) is 0.439. The number of ether oxygens (including phenoxy) is 1. The van der Waals surface area contributed by atoms with E-state index in [1.54, 1.807) is 22.9 Å². The Morgan fingerprint density at radius 2 is 1.81 bits per heavy atom. The Morgan fingerprint density at radius 3 is 2.62 bits per heavy atom. The number of anilines is 1. The van der Waals surface area contributed by atoms with Crippen LogP contribution in [0.1, 0.15) is 17.4 Å². The van der Waals surface area contributed by atoms with Crippen molar-refractivity contribution in [1.29, 1.82) is 0 Å². The molecular weight excluding hydrogens is 469 g/mol. The molecule has 0 aliphatic carbocycles. The molecule has 6 nitrogen and oxygen atoms in total. The fourth-order valence-corrected chi connectivity index (χ4v) is 3.88. The average molecular weight is 489 g/mol. The van der Waals surface area contributed by atoms with Crippen molar-refractivity contribution < 1.29 is 4.74 Å². The minimum Gasteiger partial charge on any atom is -0.383 e. The number of halogens is 3. The van der Waals surface area contributed by atoms with Crippen LogP contribution in [0.3, 0.4) is 0 Å². The molecule has 1 atom stereocenters. The summed E-state index contributed by atoms with van der Waals surface area (Å²) in [4.78, 5) is 0. The molecule has 1 unspecified atom stereocenters. The molecule has 0 bridgehead atoms. The number of nitrogens with one attached hydrogen (secondary N) is 1. The second-order valence-electron chi connectivity index (χ2n) is 7.07. The van der Waals surface area contributed by atoms with Crippen molar-refractivity contribution in [3.8, 4) is 11.4 Å².